The topological polar surface area (TPSA) is 64.2 Å². The number of amides is 1. The van der Waals surface area contributed by atoms with E-state index in [9.17, 15) is 4.79 Å². The Labute approximate surface area is 182 Å². The van der Waals surface area contributed by atoms with Crippen LogP contribution >= 0.6 is 34.4 Å². The van der Waals surface area contributed by atoms with Crippen LogP contribution in [0.1, 0.15) is 18.8 Å². The number of quaternary nitrogens is 1. The van der Waals surface area contributed by atoms with Gasteiger partial charge in [0.05, 0.1) is 19.8 Å². The summed E-state index contributed by atoms with van der Waals surface area (Å²) in [5, 5.41) is 12.4. The van der Waals surface area contributed by atoms with E-state index in [4.69, 9.17) is 0 Å². The summed E-state index contributed by atoms with van der Waals surface area (Å²) in [7, 11) is 4.19. The van der Waals surface area contributed by atoms with Crippen LogP contribution in [0.25, 0.3) is 5.69 Å². The minimum atomic E-state index is -0.0672. The van der Waals surface area contributed by atoms with Gasteiger partial charge in [0.1, 0.15) is 6.04 Å². The lowest BCUT2D eigenvalue weighted by molar-refractivity contribution is -0.890. The van der Waals surface area contributed by atoms with Crippen molar-refractivity contribution in [2.75, 3.05) is 25.2 Å². The lowest BCUT2D eigenvalue weighted by atomic mass is 10.2. The SMILES string of the molecule is C[C@@H](c1nnc(SCC(=O)Nc2cccc(I)c2)n1-c1ccccc1)[NH+](C)C. The summed E-state index contributed by atoms with van der Waals surface area (Å²) in [6, 6.07) is 17.9. The van der Waals surface area contributed by atoms with Crippen molar-refractivity contribution in [2.45, 2.75) is 18.1 Å². The van der Waals surface area contributed by atoms with Gasteiger partial charge < -0.3 is 10.2 Å². The first-order valence-electron chi connectivity index (χ1n) is 8.94. The first-order valence-corrected chi connectivity index (χ1v) is 11.0. The Morgan fingerprint density at radius 3 is 2.61 bits per heavy atom. The molecule has 2 aromatic carbocycles. The number of carbonyl (C=O) groups is 1. The van der Waals surface area contributed by atoms with Crippen LogP contribution in [0.15, 0.2) is 59.8 Å². The number of hydrogen-bond acceptors (Lipinski definition) is 4. The minimum Gasteiger partial charge on any atom is -0.331 e. The molecule has 3 aromatic rings. The predicted octanol–water partition coefficient (Wildman–Crippen LogP) is 2.81. The van der Waals surface area contributed by atoms with Gasteiger partial charge in [-0.3, -0.25) is 9.36 Å². The summed E-state index contributed by atoms with van der Waals surface area (Å²) < 4.78 is 3.12. The van der Waals surface area contributed by atoms with Crippen molar-refractivity contribution in [1.82, 2.24) is 14.8 Å². The molecule has 1 amide bonds. The number of hydrogen-bond donors (Lipinski definition) is 2. The van der Waals surface area contributed by atoms with Crippen molar-refractivity contribution >= 4 is 45.9 Å². The Morgan fingerprint density at radius 2 is 1.93 bits per heavy atom. The highest BCUT2D eigenvalue weighted by Gasteiger charge is 2.23. The third-order valence-electron chi connectivity index (χ3n) is 4.37. The molecule has 3 rings (SSSR count). The highest BCUT2D eigenvalue weighted by Crippen LogP contribution is 2.24. The third kappa shape index (κ3) is 5.12. The first kappa shape index (κ1) is 20.8. The smallest absolute Gasteiger partial charge is 0.234 e. The van der Waals surface area contributed by atoms with Crippen molar-refractivity contribution in [3.8, 4) is 5.69 Å². The molecule has 0 aliphatic rings. The average molecular weight is 508 g/mol. The molecular formula is C20H23IN5OS+. The van der Waals surface area contributed by atoms with Crippen molar-refractivity contribution in [1.29, 1.82) is 0 Å². The Kier molecular flexibility index (Phi) is 7.08. The van der Waals surface area contributed by atoms with E-state index in [2.05, 4.69) is 59.1 Å². The molecule has 0 unspecified atom stereocenters. The highest BCUT2D eigenvalue weighted by atomic mass is 127. The molecule has 0 saturated heterocycles. The van der Waals surface area contributed by atoms with Gasteiger partial charge in [-0.25, -0.2) is 0 Å². The van der Waals surface area contributed by atoms with E-state index in [1.54, 1.807) is 0 Å². The summed E-state index contributed by atoms with van der Waals surface area (Å²) in [5.41, 5.74) is 1.80. The highest BCUT2D eigenvalue weighted by molar-refractivity contribution is 14.1. The molecule has 0 aliphatic carbocycles. The lowest BCUT2D eigenvalue weighted by Gasteiger charge is -2.18. The van der Waals surface area contributed by atoms with E-state index in [0.717, 1.165) is 20.8 Å². The number of carbonyl (C=O) groups excluding carboxylic acids is 1. The monoisotopic (exact) mass is 508 g/mol. The number of halogens is 1. The summed E-state index contributed by atoms with van der Waals surface area (Å²) in [5.74, 6) is 1.08. The molecule has 6 nitrogen and oxygen atoms in total. The number of aromatic nitrogens is 3. The molecule has 2 N–H and O–H groups in total. The fourth-order valence-corrected chi connectivity index (χ4v) is 3.93. The molecule has 0 aliphatic heterocycles. The molecule has 1 heterocycles. The van der Waals surface area contributed by atoms with Crippen LogP contribution in [0.5, 0.6) is 0 Å². The van der Waals surface area contributed by atoms with Gasteiger partial charge in [0.25, 0.3) is 0 Å². The fourth-order valence-electron chi connectivity index (χ4n) is 2.63. The molecular weight excluding hydrogens is 485 g/mol. The van der Waals surface area contributed by atoms with E-state index in [1.807, 2.05) is 59.2 Å². The Bertz CT molecular complexity index is 945. The number of anilines is 1. The maximum atomic E-state index is 12.4. The van der Waals surface area contributed by atoms with E-state index in [-0.39, 0.29) is 17.7 Å². The minimum absolute atomic E-state index is 0.0672. The number of para-hydroxylation sites is 1. The normalized spacial score (nSPS) is 12.2. The molecule has 0 fully saturated rings. The molecule has 146 valence electrons. The molecule has 1 atom stereocenters. The second kappa shape index (κ2) is 9.53. The zero-order chi connectivity index (χ0) is 20.1. The second-order valence-corrected chi connectivity index (χ2v) is 8.85. The Balaban J connectivity index is 1.79. The number of nitrogens with one attached hydrogen (secondary N) is 2. The van der Waals surface area contributed by atoms with Gasteiger partial charge >= 0.3 is 0 Å². The van der Waals surface area contributed by atoms with Crippen LogP contribution in [0.4, 0.5) is 5.69 Å². The number of benzene rings is 2. The summed E-state index contributed by atoms with van der Waals surface area (Å²) in [6.45, 7) is 2.12. The summed E-state index contributed by atoms with van der Waals surface area (Å²) >= 11 is 3.62. The van der Waals surface area contributed by atoms with Crippen molar-refractivity contribution in [2.24, 2.45) is 0 Å². The van der Waals surface area contributed by atoms with Crippen LogP contribution in [0, 0.1) is 3.57 Å². The van der Waals surface area contributed by atoms with E-state index < -0.39 is 0 Å². The van der Waals surface area contributed by atoms with Crippen LogP contribution < -0.4 is 10.2 Å². The number of nitrogens with zero attached hydrogens (tertiary/aromatic N) is 3. The Morgan fingerprint density at radius 1 is 1.18 bits per heavy atom. The van der Waals surface area contributed by atoms with Crippen LogP contribution in [-0.2, 0) is 4.79 Å². The van der Waals surface area contributed by atoms with Gasteiger partial charge in [-0.2, -0.15) is 0 Å². The summed E-state index contributed by atoms with van der Waals surface area (Å²) in [6.07, 6.45) is 0. The van der Waals surface area contributed by atoms with E-state index in [0.29, 0.717) is 5.16 Å². The number of rotatable bonds is 7. The van der Waals surface area contributed by atoms with Crippen LogP contribution in [0.2, 0.25) is 0 Å². The molecule has 0 spiro atoms. The van der Waals surface area contributed by atoms with Crippen molar-refractivity contribution in [3.63, 3.8) is 0 Å². The lowest BCUT2D eigenvalue weighted by Crippen LogP contribution is -3.05. The first-order chi connectivity index (χ1) is 13.5. The third-order valence-corrected chi connectivity index (χ3v) is 5.97. The molecule has 0 saturated carbocycles. The van der Waals surface area contributed by atoms with E-state index >= 15 is 0 Å². The van der Waals surface area contributed by atoms with Gasteiger partial charge in [-0.15, -0.1) is 10.2 Å². The zero-order valence-electron chi connectivity index (χ0n) is 16.0. The molecule has 28 heavy (non-hydrogen) atoms. The van der Waals surface area contributed by atoms with E-state index in [1.165, 1.54) is 16.7 Å². The quantitative estimate of drug-likeness (QED) is 0.381. The maximum absolute atomic E-state index is 12.4. The van der Waals surface area contributed by atoms with Gasteiger partial charge in [0.2, 0.25) is 5.91 Å². The summed E-state index contributed by atoms with van der Waals surface area (Å²) in [4.78, 5) is 13.7. The molecule has 1 aromatic heterocycles. The average Bonchev–Trinajstić information content (AvgIpc) is 3.10. The fraction of sp³-hybridized carbons (Fsp3) is 0.250. The predicted molar refractivity (Wildman–Crippen MR) is 121 cm³/mol. The van der Waals surface area contributed by atoms with Crippen molar-refractivity contribution in [3.05, 3.63) is 64.0 Å². The van der Waals surface area contributed by atoms with Crippen LogP contribution in [-0.4, -0.2) is 40.5 Å². The second-order valence-electron chi connectivity index (χ2n) is 6.66. The number of thioether (sulfide) groups is 1. The standard InChI is InChI=1S/C20H22IN5OS/c1-14(25(2)3)19-23-24-20(26(19)17-10-5-4-6-11-17)28-13-18(27)22-16-9-7-8-15(21)12-16/h4-12,14H,13H2,1-3H3,(H,22,27)/p+1/t14-/m0/s1. The maximum Gasteiger partial charge on any atom is 0.234 e. The van der Waals surface area contributed by atoms with Gasteiger partial charge in [-0.1, -0.05) is 36.0 Å². The zero-order valence-corrected chi connectivity index (χ0v) is 19.0. The molecule has 8 heteroatoms. The van der Waals surface area contributed by atoms with Gasteiger partial charge in [0, 0.05) is 14.9 Å². The van der Waals surface area contributed by atoms with Gasteiger partial charge in [0.15, 0.2) is 11.0 Å². The van der Waals surface area contributed by atoms with Crippen LogP contribution in [0.3, 0.4) is 0 Å². The van der Waals surface area contributed by atoms with Gasteiger partial charge in [-0.05, 0) is 59.8 Å². The van der Waals surface area contributed by atoms with Crippen molar-refractivity contribution < 1.29 is 9.69 Å². The molecule has 0 radical (unpaired) electrons. The largest absolute Gasteiger partial charge is 0.331 e. The Hall–Kier alpha value is -1.91. The molecule has 0 bridgehead atoms.